The fourth-order valence-electron chi connectivity index (χ4n) is 1.48. The minimum Gasteiger partial charge on any atom is -0.409 e. The summed E-state index contributed by atoms with van der Waals surface area (Å²) in [5.41, 5.74) is 6.81. The maximum Gasteiger partial charge on any atom is 0.261 e. The lowest BCUT2D eigenvalue weighted by Crippen LogP contribution is -2.24. The summed E-state index contributed by atoms with van der Waals surface area (Å²) in [6.07, 6.45) is -2.50. The van der Waals surface area contributed by atoms with Crippen molar-refractivity contribution in [2.24, 2.45) is 10.9 Å². The van der Waals surface area contributed by atoms with Gasteiger partial charge in [0.25, 0.3) is 6.43 Å². The number of amidine groups is 1. The molecule has 0 aliphatic carbocycles. The van der Waals surface area contributed by atoms with Crippen molar-refractivity contribution in [1.29, 1.82) is 0 Å². The van der Waals surface area contributed by atoms with Crippen molar-refractivity contribution in [3.63, 3.8) is 0 Å². The van der Waals surface area contributed by atoms with Crippen molar-refractivity contribution in [3.05, 3.63) is 35.4 Å². The number of oxime groups is 1. The van der Waals surface area contributed by atoms with E-state index in [-0.39, 0.29) is 24.8 Å². The minimum absolute atomic E-state index is 0.00163. The van der Waals surface area contributed by atoms with Crippen LogP contribution in [0, 0.1) is 0 Å². The van der Waals surface area contributed by atoms with Gasteiger partial charge in [-0.2, -0.15) is 0 Å². The van der Waals surface area contributed by atoms with Gasteiger partial charge in [-0.05, 0) is 5.56 Å². The number of rotatable bonds is 8. The van der Waals surface area contributed by atoms with Crippen LogP contribution in [0.15, 0.2) is 29.4 Å². The van der Waals surface area contributed by atoms with Gasteiger partial charge in [-0.25, -0.2) is 8.78 Å². The molecule has 0 fully saturated rings. The van der Waals surface area contributed by atoms with Crippen LogP contribution in [0.25, 0.3) is 0 Å². The van der Waals surface area contributed by atoms with Crippen LogP contribution in [0.2, 0.25) is 0 Å². The van der Waals surface area contributed by atoms with E-state index >= 15 is 0 Å². The van der Waals surface area contributed by atoms with E-state index in [0.717, 1.165) is 5.56 Å². The Morgan fingerprint density at radius 3 is 2.62 bits per heavy atom. The van der Waals surface area contributed by atoms with Crippen molar-refractivity contribution in [2.75, 3.05) is 13.2 Å². The van der Waals surface area contributed by atoms with E-state index in [4.69, 9.17) is 10.9 Å². The van der Waals surface area contributed by atoms with Crippen LogP contribution in [0.1, 0.15) is 17.5 Å². The van der Waals surface area contributed by atoms with E-state index in [2.05, 4.69) is 15.2 Å². The second-order valence-corrected chi connectivity index (χ2v) is 4.17. The molecule has 0 atom stereocenters. The number of benzene rings is 1. The molecule has 0 aliphatic heterocycles. The number of nitrogens with one attached hydrogen (secondary N) is 1. The predicted molar refractivity (Wildman–Crippen MR) is 72.2 cm³/mol. The fourth-order valence-corrected chi connectivity index (χ4v) is 1.48. The number of amides is 1. The van der Waals surface area contributed by atoms with Gasteiger partial charge in [-0.3, -0.25) is 4.79 Å². The van der Waals surface area contributed by atoms with Crippen LogP contribution in [-0.2, 0) is 16.1 Å². The average Bonchev–Trinajstić information content (AvgIpc) is 2.49. The summed E-state index contributed by atoms with van der Waals surface area (Å²) in [7, 11) is 0. The molecule has 0 radical (unpaired) electrons. The van der Waals surface area contributed by atoms with Gasteiger partial charge in [0.1, 0.15) is 6.61 Å². The van der Waals surface area contributed by atoms with Crippen molar-refractivity contribution >= 4 is 11.7 Å². The van der Waals surface area contributed by atoms with Gasteiger partial charge < -0.3 is 21.0 Å². The molecule has 0 saturated carbocycles. The minimum atomic E-state index is -2.53. The molecular weight excluding hydrogens is 284 g/mol. The van der Waals surface area contributed by atoms with Crippen LogP contribution in [0.4, 0.5) is 8.78 Å². The zero-order valence-electron chi connectivity index (χ0n) is 11.3. The first-order chi connectivity index (χ1) is 10.0. The third-order valence-corrected chi connectivity index (χ3v) is 2.56. The zero-order valence-corrected chi connectivity index (χ0v) is 11.3. The average molecular weight is 301 g/mol. The molecule has 1 amide bonds. The molecule has 116 valence electrons. The van der Waals surface area contributed by atoms with Crippen LogP contribution < -0.4 is 11.1 Å². The Morgan fingerprint density at radius 1 is 1.38 bits per heavy atom. The molecule has 0 aliphatic rings. The third-order valence-electron chi connectivity index (χ3n) is 2.56. The molecular formula is C13H17F2N3O3. The van der Waals surface area contributed by atoms with Gasteiger partial charge in [0.15, 0.2) is 5.84 Å². The number of halogens is 2. The summed E-state index contributed by atoms with van der Waals surface area (Å²) in [5.74, 6) is -0.286. The molecule has 1 aromatic carbocycles. The number of nitrogens with zero attached hydrogens (tertiary/aromatic N) is 1. The van der Waals surface area contributed by atoms with E-state index in [9.17, 15) is 13.6 Å². The molecule has 0 unspecified atom stereocenters. The Kier molecular flexibility index (Phi) is 7.10. The summed E-state index contributed by atoms with van der Waals surface area (Å²) < 4.78 is 28.2. The Labute approximate surface area is 120 Å². The van der Waals surface area contributed by atoms with E-state index in [1.165, 1.54) is 0 Å². The van der Waals surface area contributed by atoms with Gasteiger partial charge in [0, 0.05) is 18.5 Å². The molecule has 0 spiro atoms. The SMILES string of the molecule is N/C(=N/O)c1ccc(CNC(=O)CCOCC(F)F)cc1. The largest absolute Gasteiger partial charge is 0.409 e. The number of carbonyl (C=O) groups is 1. The van der Waals surface area contributed by atoms with Crippen molar-refractivity contribution in [2.45, 2.75) is 19.4 Å². The summed E-state index contributed by atoms with van der Waals surface area (Å²) in [6.45, 7) is -0.411. The quantitative estimate of drug-likeness (QED) is 0.220. The number of carbonyl (C=O) groups excluding carboxylic acids is 1. The molecule has 21 heavy (non-hydrogen) atoms. The highest BCUT2D eigenvalue weighted by molar-refractivity contribution is 5.96. The molecule has 1 aromatic rings. The van der Waals surface area contributed by atoms with Crippen LogP contribution in [-0.4, -0.2) is 36.6 Å². The van der Waals surface area contributed by atoms with Gasteiger partial charge in [-0.1, -0.05) is 29.4 Å². The third kappa shape index (κ3) is 6.66. The maximum absolute atomic E-state index is 11.8. The van der Waals surface area contributed by atoms with Gasteiger partial charge >= 0.3 is 0 Å². The van der Waals surface area contributed by atoms with E-state index in [1.54, 1.807) is 24.3 Å². The number of ether oxygens (including phenoxy) is 1. The molecule has 6 nitrogen and oxygen atoms in total. The molecule has 0 saturated heterocycles. The van der Waals surface area contributed by atoms with Gasteiger partial charge in [0.2, 0.25) is 5.91 Å². The lowest BCUT2D eigenvalue weighted by Gasteiger charge is -2.07. The smallest absolute Gasteiger partial charge is 0.261 e. The van der Waals surface area contributed by atoms with Crippen molar-refractivity contribution in [3.8, 4) is 0 Å². The summed E-state index contributed by atoms with van der Waals surface area (Å²) in [6, 6.07) is 6.76. The monoisotopic (exact) mass is 301 g/mol. The topological polar surface area (TPSA) is 96.9 Å². The second kappa shape index (κ2) is 8.85. The molecule has 4 N–H and O–H groups in total. The van der Waals surface area contributed by atoms with Crippen LogP contribution >= 0.6 is 0 Å². The molecule has 8 heteroatoms. The number of nitrogens with two attached hydrogens (primary N) is 1. The van der Waals surface area contributed by atoms with Gasteiger partial charge in [-0.15, -0.1) is 0 Å². The van der Waals surface area contributed by atoms with E-state index in [0.29, 0.717) is 12.1 Å². The maximum atomic E-state index is 11.8. The summed E-state index contributed by atoms with van der Waals surface area (Å²) >= 11 is 0. The van der Waals surface area contributed by atoms with Gasteiger partial charge in [0.05, 0.1) is 6.61 Å². The fraction of sp³-hybridized carbons (Fsp3) is 0.385. The Balaban J connectivity index is 2.30. The first-order valence-electron chi connectivity index (χ1n) is 6.22. The van der Waals surface area contributed by atoms with Crippen LogP contribution in [0.3, 0.4) is 0 Å². The highest BCUT2D eigenvalue weighted by Crippen LogP contribution is 2.04. The predicted octanol–water partition coefficient (Wildman–Crippen LogP) is 1.07. The first-order valence-corrected chi connectivity index (χ1v) is 6.22. The number of alkyl halides is 2. The lowest BCUT2D eigenvalue weighted by molar-refractivity contribution is -0.122. The van der Waals surface area contributed by atoms with Crippen molar-refractivity contribution in [1.82, 2.24) is 5.32 Å². The number of hydrogen-bond acceptors (Lipinski definition) is 4. The molecule has 0 bridgehead atoms. The van der Waals surface area contributed by atoms with Crippen molar-refractivity contribution < 1.29 is 23.5 Å². The molecule has 0 aromatic heterocycles. The standard InChI is InChI=1S/C13H17F2N3O3/c14-11(15)8-21-6-5-12(19)17-7-9-1-3-10(4-2-9)13(16)18-20/h1-4,11,20H,5-8H2,(H2,16,18)(H,17,19). The second-order valence-electron chi connectivity index (χ2n) is 4.17. The first kappa shape index (κ1) is 16.8. The highest BCUT2D eigenvalue weighted by Gasteiger charge is 2.05. The lowest BCUT2D eigenvalue weighted by atomic mass is 10.1. The Morgan fingerprint density at radius 2 is 2.05 bits per heavy atom. The normalized spacial score (nSPS) is 11.7. The van der Waals surface area contributed by atoms with E-state index in [1.807, 2.05) is 0 Å². The summed E-state index contributed by atoms with van der Waals surface area (Å²) in [5, 5.41) is 14.0. The molecule has 1 rings (SSSR count). The molecule has 0 heterocycles. The van der Waals surface area contributed by atoms with Crippen LogP contribution in [0.5, 0.6) is 0 Å². The highest BCUT2D eigenvalue weighted by atomic mass is 19.3. The summed E-state index contributed by atoms with van der Waals surface area (Å²) in [4.78, 5) is 11.4. The van der Waals surface area contributed by atoms with E-state index < -0.39 is 13.0 Å². The Bertz CT molecular complexity index is 478. The number of hydrogen-bond donors (Lipinski definition) is 3. The zero-order chi connectivity index (χ0) is 15.7. The Hall–Kier alpha value is -2.22.